The first-order chi connectivity index (χ1) is 4.24. The molecule has 0 aromatic carbocycles. The molecule has 0 radical (unpaired) electrons. The van der Waals surface area contributed by atoms with Gasteiger partial charge < -0.3 is 3.07 Å². The lowest BCUT2D eigenvalue weighted by Crippen LogP contribution is -2.05. The van der Waals surface area contributed by atoms with Crippen LogP contribution in [0.2, 0.25) is 0 Å². The zero-order chi connectivity index (χ0) is 6.85. The van der Waals surface area contributed by atoms with E-state index in [2.05, 4.69) is 8.06 Å². The SMILES string of the molecule is O=C1N=C(OI)C(F)S1. The Kier molecular flexibility index (Phi) is 2.28. The average molecular weight is 261 g/mol. The molecule has 0 bridgehead atoms. The van der Waals surface area contributed by atoms with Gasteiger partial charge in [0.1, 0.15) is 0 Å². The summed E-state index contributed by atoms with van der Waals surface area (Å²) in [7, 11) is 0. The number of amides is 1. The molecular formula is C3HFINO2S. The number of alkyl halides is 1. The summed E-state index contributed by atoms with van der Waals surface area (Å²) < 4.78 is 16.7. The Morgan fingerprint density at radius 2 is 2.56 bits per heavy atom. The molecule has 0 fully saturated rings. The lowest BCUT2D eigenvalue weighted by molar-refractivity contribution is 0.267. The van der Waals surface area contributed by atoms with Crippen molar-refractivity contribution in [2.75, 3.05) is 0 Å². The Balaban J connectivity index is 2.68. The third-order valence-corrected chi connectivity index (χ3v) is 1.83. The van der Waals surface area contributed by atoms with Crippen LogP contribution in [0.15, 0.2) is 4.99 Å². The van der Waals surface area contributed by atoms with Gasteiger partial charge in [0.2, 0.25) is 11.4 Å². The molecule has 1 aliphatic rings. The van der Waals surface area contributed by atoms with Gasteiger partial charge in [-0.15, -0.1) is 0 Å². The van der Waals surface area contributed by atoms with Gasteiger partial charge in [-0.05, 0) is 11.8 Å². The van der Waals surface area contributed by atoms with Gasteiger partial charge in [0.15, 0.2) is 23.0 Å². The standard InChI is InChI=1S/C3HFINO2S/c4-1-2(8-5)6-3(7)9-1/h1H. The monoisotopic (exact) mass is 261 g/mol. The quantitative estimate of drug-likeness (QED) is 0.625. The van der Waals surface area contributed by atoms with Crippen molar-refractivity contribution in [3.8, 4) is 0 Å². The van der Waals surface area contributed by atoms with Crippen LogP contribution >= 0.6 is 34.8 Å². The summed E-state index contributed by atoms with van der Waals surface area (Å²) in [6.07, 6.45) is 0. The third kappa shape index (κ3) is 1.54. The predicted octanol–water partition coefficient (Wildman–Crippen LogP) is 1.91. The number of aliphatic imine (C=N–C) groups is 1. The number of hydrogen-bond donors (Lipinski definition) is 0. The molecule has 0 aromatic rings. The van der Waals surface area contributed by atoms with Crippen LogP contribution in [0.25, 0.3) is 0 Å². The first kappa shape index (κ1) is 7.26. The van der Waals surface area contributed by atoms with Crippen molar-refractivity contribution in [2.45, 2.75) is 5.50 Å². The smallest absolute Gasteiger partial charge is 0.311 e. The van der Waals surface area contributed by atoms with Gasteiger partial charge in [0.05, 0.1) is 0 Å². The summed E-state index contributed by atoms with van der Waals surface area (Å²) in [5.74, 6) is -0.148. The van der Waals surface area contributed by atoms with E-state index in [-0.39, 0.29) is 5.90 Å². The highest BCUT2D eigenvalue weighted by Gasteiger charge is 2.28. The molecule has 1 rings (SSSR count). The number of hydrogen-bond acceptors (Lipinski definition) is 3. The molecule has 0 aliphatic carbocycles. The highest BCUT2D eigenvalue weighted by Crippen LogP contribution is 2.25. The minimum atomic E-state index is -1.41. The summed E-state index contributed by atoms with van der Waals surface area (Å²) in [4.78, 5) is 13.5. The van der Waals surface area contributed by atoms with Crippen LogP contribution in [0.1, 0.15) is 0 Å². The van der Waals surface area contributed by atoms with E-state index in [0.717, 1.165) is 0 Å². The van der Waals surface area contributed by atoms with Crippen molar-refractivity contribution >= 4 is 45.9 Å². The number of halogens is 2. The molecular weight excluding hydrogens is 260 g/mol. The van der Waals surface area contributed by atoms with Crippen LogP contribution in [-0.2, 0) is 3.07 Å². The molecule has 1 unspecified atom stereocenters. The topological polar surface area (TPSA) is 38.7 Å². The molecule has 0 spiro atoms. The van der Waals surface area contributed by atoms with E-state index in [9.17, 15) is 9.18 Å². The van der Waals surface area contributed by atoms with Crippen molar-refractivity contribution in [1.82, 2.24) is 0 Å². The maximum absolute atomic E-state index is 12.3. The molecule has 1 atom stereocenters. The van der Waals surface area contributed by atoms with Crippen LogP contribution < -0.4 is 0 Å². The Bertz CT molecular complexity index is 173. The summed E-state index contributed by atoms with van der Waals surface area (Å²) in [5, 5.41) is -0.533. The summed E-state index contributed by atoms with van der Waals surface area (Å²) >= 11 is 1.99. The Morgan fingerprint density at radius 3 is 2.78 bits per heavy atom. The number of nitrogens with zero attached hydrogens (tertiary/aromatic N) is 1. The molecule has 1 heterocycles. The molecule has 3 nitrogen and oxygen atoms in total. The third-order valence-electron chi connectivity index (χ3n) is 0.679. The van der Waals surface area contributed by atoms with Crippen LogP contribution in [0, 0.1) is 0 Å². The molecule has 0 saturated carbocycles. The first-order valence-electron chi connectivity index (χ1n) is 1.96. The lowest BCUT2D eigenvalue weighted by atomic mass is 10.7. The van der Waals surface area contributed by atoms with E-state index < -0.39 is 10.7 Å². The summed E-state index contributed by atoms with van der Waals surface area (Å²) in [6.45, 7) is 0. The van der Waals surface area contributed by atoms with E-state index in [1.165, 1.54) is 23.0 Å². The summed E-state index contributed by atoms with van der Waals surface area (Å²) in [6, 6.07) is 0. The van der Waals surface area contributed by atoms with Gasteiger partial charge in [0.25, 0.3) is 0 Å². The fraction of sp³-hybridized carbons (Fsp3) is 0.333. The van der Waals surface area contributed by atoms with Crippen LogP contribution in [0.5, 0.6) is 0 Å². The van der Waals surface area contributed by atoms with E-state index in [0.29, 0.717) is 11.8 Å². The first-order valence-corrected chi connectivity index (χ1v) is 3.72. The van der Waals surface area contributed by atoms with E-state index >= 15 is 0 Å². The fourth-order valence-corrected chi connectivity index (χ4v) is 1.37. The van der Waals surface area contributed by atoms with Gasteiger partial charge in [-0.1, -0.05) is 0 Å². The molecule has 1 aliphatic heterocycles. The average Bonchev–Trinajstić information content (AvgIpc) is 2.10. The maximum Gasteiger partial charge on any atom is 0.311 e. The van der Waals surface area contributed by atoms with Gasteiger partial charge >= 0.3 is 5.24 Å². The van der Waals surface area contributed by atoms with Crippen molar-refractivity contribution in [3.05, 3.63) is 0 Å². The Morgan fingerprint density at radius 1 is 1.89 bits per heavy atom. The zero-order valence-electron chi connectivity index (χ0n) is 4.01. The van der Waals surface area contributed by atoms with Gasteiger partial charge in [-0.2, -0.15) is 4.99 Å². The molecule has 6 heteroatoms. The Hall–Kier alpha value is 0.150. The van der Waals surface area contributed by atoms with Gasteiger partial charge in [-0.25, -0.2) is 4.39 Å². The lowest BCUT2D eigenvalue weighted by Gasteiger charge is -1.93. The predicted molar refractivity (Wildman–Crippen MR) is 40.4 cm³/mol. The second-order valence-electron chi connectivity index (χ2n) is 1.23. The van der Waals surface area contributed by atoms with E-state index in [4.69, 9.17) is 0 Å². The van der Waals surface area contributed by atoms with Crippen molar-refractivity contribution in [3.63, 3.8) is 0 Å². The van der Waals surface area contributed by atoms with Gasteiger partial charge in [0, 0.05) is 0 Å². The van der Waals surface area contributed by atoms with Crippen molar-refractivity contribution in [1.29, 1.82) is 0 Å². The van der Waals surface area contributed by atoms with Crippen molar-refractivity contribution < 1.29 is 12.3 Å². The number of carbonyl (C=O) groups excluding carboxylic acids is 1. The van der Waals surface area contributed by atoms with E-state index in [1.54, 1.807) is 0 Å². The highest BCUT2D eigenvalue weighted by molar-refractivity contribution is 14.1. The van der Waals surface area contributed by atoms with Crippen LogP contribution in [0.4, 0.5) is 9.18 Å². The zero-order valence-corrected chi connectivity index (χ0v) is 6.98. The Labute approximate surface area is 68.7 Å². The van der Waals surface area contributed by atoms with Crippen molar-refractivity contribution in [2.24, 2.45) is 4.99 Å². The molecule has 9 heavy (non-hydrogen) atoms. The highest BCUT2D eigenvalue weighted by atomic mass is 127. The normalized spacial score (nSPS) is 26.2. The molecule has 50 valence electrons. The molecule has 0 saturated heterocycles. The van der Waals surface area contributed by atoms with Crippen LogP contribution in [0.3, 0.4) is 0 Å². The van der Waals surface area contributed by atoms with Crippen LogP contribution in [-0.4, -0.2) is 16.6 Å². The minimum Gasteiger partial charge on any atom is -0.408 e. The van der Waals surface area contributed by atoms with E-state index in [1.807, 2.05) is 0 Å². The largest absolute Gasteiger partial charge is 0.408 e. The number of carbonyl (C=O) groups is 1. The molecule has 0 aromatic heterocycles. The summed E-state index contributed by atoms with van der Waals surface area (Å²) in [5.41, 5.74) is -1.41. The second kappa shape index (κ2) is 2.82. The molecule has 0 N–H and O–H groups in total. The molecule has 1 amide bonds. The fourth-order valence-electron chi connectivity index (χ4n) is 0.358. The second-order valence-corrected chi connectivity index (χ2v) is 2.67. The number of rotatable bonds is 0. The van der Waals surface area contributed by atoms with Gasteiger partial charge in [-0.3, -0.25) is 4.79 Å². The minimum absolute atomic E-state index is 0.148. The maximum atomic E-state index is 12.3. The number of thioether (sulfide) groups is 1.